The lowest BCUT2D eigenvalue weighted by Crippen LogP contribution is -2.06. The zero-order valence-corrected chi connectivity index (χ0v) is 13.1. The third-order valence-electron chi connectivity index (χ3n) is 3.23. The fourth-order valence-electron chi connectivity index (χ4n) is 2.28. The van der Waals surface area contributed by atoms with Gasteiger partial charge in [-0.2, -0.15) is 0 Å². The van der Waals surface area contributed by atoms with Gasteiger partial charge in [0.25, 0.3) is 0 Å². The summed E-state index contributed by atoms with van der Waals surface area (Å²) in [6.45, 7) is 0.772. The molecule has 0 saturated heterocycles. The molecule has 20 heavy (non-hydrogen) atoms. The Morgan fingerprint density at radius 1 is 1.20 bits per heavy atom. The highest BCUT2D eigenvalue weighted by Crippen LogP contribution is 2.22. The minimum atomic E-state index is 0.562. The molecule has 0 aliphatic carbocycles. The van der Waals surface area contributed by atoms with Crippen LogP contribution in [0.15, 0.2) is 47.2 Å². The number of pyridine rings is 1. The minimum Gasteiger partial charge on any atom is -0.323 e. The number of aromatic nitrogens is 3. The van der Waals surface area contributed by atoms with Crippen molar-refractivity contribution < 1.29 is 0 Å². The summed E-state index contributed by atoms with van der Waals surface area (Å²) in [5, 5.41) is 0. The highest BCUT2D eigenvalue weighted by molar-refractivity contribution is 9.10. The molecule has 3 aromatic rings. The normalized spacial score (nSPS) is 11.1. The quantitative estimate of drug-likeness (QED) is 0.665. The van der Waals surface area contributed by atoms with Crippen LogP contribution in [0, 0.1) is 0 Å². The molecule has 1 aromatic carbocycles. The van der Waals surface area contributed by atoms with Crippen molar-refractivity contribution in [3.63, 3.8) is 0 Å². The molecule has 0 unspecified atom stereocenters. The molecule has 0 N–H and O–H groups in total. The average Bonchev–Trinajstić information content (AvgIpc) is 2.80. The number of alkyl halides is 1. The molecule has 102 valence electrons. The standard InChI is InChI=1S/C15H13BrClN3/c16-12-4-2-1-3-11(12)10-20-14-6-8-18-9-13(14)19-15(20)5-7-17/h1-4,6,8-9H,5,7,10H2. The molecule has 3 rings (SSSR count). The van der Waals surface area contributed by atoms with Gasteiger partial charge in [-0.15, -0.1) is 11.6 Å². The number of fused-ring (bicyclic) bond motifs is 1. The number of halogens is 2. The monoisotopic (exact) mass is 349 g/mol. The highest BCUT2D eigenvalue weighted by Gasteiger charge is 2.11. The molecule has 0 bridgehead atoms. The third kappa shape index (κ3) is 2.58. The summed E-state index contributed by atoms with van der Waals surface area (Å²) in [5.74, 6) is 1.56. The molecule has 0 fully saturated rings. The van der Waals surface area contributed by atoms with E-state index in [4.69, 9.17) is 11.6 Å². The van der Waals surface area contributed by atoms with Crippen LogP contribution in [0.5, 0.6) is 0 Å². The van der Waals surface area contributed by atoms with Gasteiger partial charge in [-0.05, 0) is 17.7 Å². The van der Waals surface area contributed by atoms with Crippen molar-refractivity contribution in [1.29, 1.82) is 0 Å². The van der Waals surface area contributed by atoms with E-state index >= 15 is 0 Å². The zero-order valence-electron chi connectivity index (χ0n) is 10.8. The van der Waals surface area contributed by atoms with E-state index in [2.05, 4.69) is 42.6 Å². The van der Waals surface area contributed by atoms with Crippen LogP contribution in [-0.4, -0.2) is 20.4 Å². The maximum Gasteiger partial charge on any atom is 0.111 e. The topological polar surface area (TPSA) is 30.7 Å². The fourth-order valence-corrected chi connectivity index (χ4v) is 2.86. The van der Waals surface area contributed by atoms with E-state index in [0.717, 1.165) is 34.3 Å². The van der Waals surface area contributed by atoms with Gasteiger partial charge in [-0.25, -0.2) is 4.98 Å². The van der Waals surface area contributed by atoms with Crippen LogP contribution >= 0.6 is 27.5 Å². The van der Waals surface area contributed by atoms with Crippen molar-refractivity contribution in [1.82, 2.24) is 14.5 Å². The summed E-state index contributed by atoms with van der Waals surface area (Å²) in [6.07, 6.45) is 4.34. The van der Waals surface area contributed by atoms with E-state index in [9.17, 15) is 0 Å². The van der Waals surface area contributed by atoms with E-state index in [1.54, 1.807) is 12.4 Å². The number of rotatable bonds is 4. The van der Waals surface area contributed by atoms with Crippen LogP contribution in [0.3, 0.4) is 0 Å². The molecule has 2 aromatic heterocycles. The van der Waals surface area contributed by atoms with Crippen molar-refractivity contribution in [2.75, 3.05) is 5.88 Å². The summed E-state index contributed by atoms with van der Waals surface area (Å²) in [6, 6.07) is 10.2. The lowest BCUT2D eigenvalue weighted by molar-refractivity contribution is 0.752. The Morgan fingerprint density at radius 2 is 2.05 bits per heavy atom. The molecule has 0 spiro atoms. The van der Waals surface area contributed by atoms with E-state index in [0.29, 0.717) is 5.88 Å². The highest BCUT2D eigenvalue weighted by atomic mass is 79.9. The Morgan fingerprint density at radius 3 is 2.85 bits per heavy atom. The van der Waals surface area contributed by atoms with E-state index < -0.39 is 0 Å². The van der Waals surface area contributed by atoms with Gasteiger partial charge in [0.2, 0.25) is 0 Å². The Kier molecular flexibility index (Phi) is 4.03. The Balaban J connectivity index is 2.09. The average molecular weight is 351 g/mol. The number of hydrogen-bond acceptors (Lipinski definition) is 2. The molecule has 2 heterocycles. The number of benzene rings is 1. The van der Waals surface area contributed by atoms with Gasteiger partial charge in [0.15, 0.2) is 0 Å². The van der Waals surface area contributed by atoms with Gasteiger partial charge in [0, 0.05) is 23.0 Å². The predicted octanol–water partition coefficient (Wildman–Crippen LogP) is 4.02. The fraction of sp³-hybridized carbons (Fsp3) is 0.200. The van der Waals surface area contributed by atoms with Crippen molar-refractivity contribution in [3.8, 4) is 0 Å². The Labute approximate surface area is 130 Å². The minimum absolute atomic E-state index is 0.562. The predicted molar refractivity (Wildman–Crippen MR) is 85.2 cm³/mol. The first-order valence-electron chi connectivity index (χ1n) is 6.38. The maximum absolute atomic E-state index is 5.89. The second-order valence-corrected chi connectivity index (χ2v) is 5.74. The Hall–Kier alpha value is -1.39. The van der Waals surface area contributed by atoms with Crippen LogP contribution in [-0.2, 0) is 13.0 Å². The van der Waals surface area contributed by atoms with Gasteiger partial charge in [0.05, 0.1) is 18.3 Å². The van der Waals surface area contributed by atoms with Crippen molar-refractivity contribution in [2.45, 2.75) is 13.0 Å². The number of hydrogen-bond donors (Lipinski definition) is 0. The smallest absolute Gasteiger partial charge is 0.111 e. The summed E-state index contributed by atoms with van der Waals surface area (Å²) in [4.78, 5) is 8.76. The van der Waals surface area contributed by atoms with Crippen molar-refractivity contribution >= 4 is 38.6 Å². The second-order valence-electron chi connectivity index (χ2n) is 4.51. The van der Waals surface area contributed by atoms with Gasteiger partial charge in [-0.3, -0.25) is 4.98 Å². The zero-order chi connectivity index (χ0) is 13.9. The summed E-state index contributed by atoms with van der Waals surface area (Å²) in [7, 11) is 0. The van der Waals surface area contributed by atoms with E-state index in [1.165, 1.54) is 5.56 Å². The third-order valence-corrected chi connectivity index (χ3v) is 4.20. The summed E-state index contributed by atoms with van der Waals surface area (Å²) >= 11 is 9.49. The lowest BCUT2D eigenvalue weighted by Gasteiger charge is -2.10. The first-order valence-corrected chi connectivity index (χ1v) is 7.71. The van der Waals surface area contributed by atoms with Crippen LogP contribution in [0.1, 0.15) is 11.4 Å². The van der Waals surface area contributed by atoms with Gasteiger partial charge in [-0.1, -0.05) is 34.1 Å². The molecule has 0 radical (unpaired) electrons. The molecule has 0 aliphatic rings. The maximum atomic E-state index is 5.89. The first-order chi connectivity index (χ1) is 9.79. The summed E-state index contributed by atoms with van der Waals surface area (Å²) < 4.78 is 3.31. The number of nitrogens with zero attached hydrogens (tertiary/aromatic N) is 3. The molecule has 0 amide bonds. The molecular weight excluding hydrogens is 338 g/mol. The molecule has 0 atom stereocenters. The van der Waals surface area contributed by atoms with E-state index in [1.807, 2.05) is 18.2 Å². The van der Waals surface area contributed by atoms with Crippen LogP contribution in [0.4, 0.5) is 0 Å². The first kappa shape index (κ1) is 13.6. The van der Waals surface area contributed by atoms with Gasteiger partial charge >= 0.3 is 0 Å². The molecule has 3 nitrogen and oxygen atoms in total. The van der Waals surface area contributed by atoms with Crippen molar-refractivity contribution in [3.05, 3.63) is 58.6 Å². The van der Waals surface area contributed by atoms with Crippen LogP contribution < -0.4 is 0 Å². The summed E-state index contributed by atoms with van der Waals surface area (Å²) in [5.41, 5.74) is 3.23. The van der Waals surface area contributed by atoms with Gasteiger partial charge in [0.1, 0.15) is 11.3 Å². The van der Waals surface area contributed by atoms with Crippen LogP contribution in [0.2, 0.25) is 0 Å². The molecule has 0 saturated carbocycles. The lowest BCUT2D eigenvalue weighted by atomic mass is 10.2. The van der Waals surface area contributed by atoms with E-state index in [-0.39, 0.29) is 0 Å². The second kappa shape index (κ2) is 5.94. The van der Waals surface area contributed by atoms with Crippen molar-refractivity contribution in [2.24, 2.45) is 0 Å². The van der Waals surface area contributed by atoms with Crippen LogP contribution in [0.25, 0.3) is 11.0 Å². The molecular formula is C15H13BrClN3. The molecule has 0 aliphatic heterocycles. The number of aryl methyl sites for hydroxylation is 1. The number of imidazole rings is 1. The molecule has 5 heteroatoms. The Bertz CT molecular complexity index is 739. The van der Waals surface area contributed by atoms with Gasteiger partial charge < -0.3 is 4.57 Å². The largest absolute Gasteiger partial charge is 0.323 e. The SMILES string of the molecule is ClCCc1nc2cnccc2n1Cc1ccccc1Br.